The molecule has 7 heteroatoms. The molecule has 2 heterocycles. The van der Waals surface area contributed by atoms with E-state index in [1.807, 2.05) is 54.6 Å². The first-order valence-electron chi connectivity index (χ1n) is 7.95. The van der Waals surface area contributed by atoms with Crippen molar-refractivity contribution in [2.45, 2.75) is 6.61 Å². The standard InChI is InChI=1S/C19H15N3O3S/c1-24-14-9-7-13(8-10-14)16-11-18(23)22-17(20-21-19(22)26-16)12-25-15-5-3-2-4-6-15/h2-11H,12H2,1H3. The Morgan fingerprint density at radius 2 is 1.77 bits per heavy atom. The zero-order valence-electron chi connectivity index (χ0n) is 14.0. The molecule has 0 unspecified atom stereocenters. The monoisotopic (exact) mass is 365 g/mol. The molecule has 0 spiro atoms. The van der Waals surface area contributed by atoms with Gasteiger partial charge < -0.3 is 9.47 Å². The fourth-order valence-electron chi connectivity index (χ4n) is 2.55. The summed E-state index contributed by atoms with van der Waals surface area (Å²) in [7, 11) is 1.62. The lowest BCUT2D eigenvalue weighted by Gasteiger charge is -2.05. The largest absolute Gasteiger partial charge is 0.497 e. The van der Waals surface area contributed by atoms with E-state index >= 15 is 0 Å². The molecule has 2 aromatic heterocycles. The summed E-state index contributed by atoms with van der Waals surface area (Å²) in [5.41, 5.74) is 0.752. The Balaban J connectivity index is 1.65. The van der Waals surface area contributed by atoms with Gasteiger partial charge in [0.05, 0.1) is 7.11 Å². The Bertz CT molecular complexity index is 1090. The van der Waals surface area contributed by atoms with E-state index in [1.165, 1.54) is 15.7 Å². The number of nitrogens with zero attached hydrogens (tertiary/aromatic N) is 3. The van der Waals surface area contributed by atoms with Crippen LogP contribution >= 0.6 is 11.3 Å². The maximum Gasteiger partial charge on any atom is 0.259 e. The third kappa shape index (κ3) is 3.16. The van der Waals surface area contributed by atoms with Crippen LogP contribution in [-0.2, 0) is 6.61 Å². The molecule has 0 aliphatic rings. The van der Waals surface area contributed by atoms with Crippen molar-refractivity contribution in [1.82, 2.24) is 14.6 Å². The molecule has 0 fully saturated rings. The van der Waals surface area contributed by atoms with Crippen molar-refractivity contribution < 1.29 is 9.47 Å². The first kappa shape index (κ1) is 16.3. The Morgan fingerprint density at radius 1 is 1.00 bits per heavy atom. The molecule has 2 aromatic carbocycles. The molecule has 0 aliphatic heterocycles. The summed E-state index contributed by atoms with van der Waals surface area (Å²) in [5.74, 6) is 1.96. The van der Waals surface area contributed by atoms with Crippen molar-refractivity contribution in [1.29, 1.82) is 0 Å². The van der Waals surface area contributed by atoms with E-state index in [4.69, 9.17) is 9.47 Å². The summed E-state index contributed by atoms with van der Waals surface area (Å²) in [4.78, 5) is 14.0. The number of benzene rings is 2. The summed E-state index contributed by atoms with van der Waals surface area (Å²) < 4.78 is 12.3. The van der Waals surface area contributed by atoms with Gasteiger partial charge in [-0.3, -0.25) is 4.79 Å². The van der Waals surface area contributed by atoms with Crippen LogP contribution in [0.3, 0.4) is 0 Å². The van der Waals surface area contributed by atoms with E-state index in [9.17, 15) is 4.79 Å². The Kier molecular flexibility index (Phi) is 4.37. The zero-order chi connectivity index (χ0) is 17.9. The van der Waals surface area contributed by atoms with Gasteiger partial charge in [0, 0.05) is 10.9 Å². The number of rotatable bonds is 5. The molecule has 4 rings (SSSR count). The fraction of sp³-hybridized carbons (Fsp3) is 0.105. The molecule has 6 nitrogen and oxygen atoms in total. The van der Waals surface area contributed by atoms with Gasteiger partial charge >= 0.3 is 0 Å². The van der Waals surface area contributed by atoms with Crippen molar-refractivity contribution in [3.8, 4) is 21.9 Å². The van der Waals surface area contributed by atoms with Crippen LogP contribution in [0.2, 0.25) is 0 Å². The van der Waals surface area contributed by atoms with Gasteiger partial charge in [-0.2, -0.15) is 0 Å². The molecule has 0 atom stereocenters. The van der Waals surface area contributed by atoms with E-state index in [0.29, 0.717) is 10.8 Å². The molecule has 0 amide bonds. The quantitative estimate of drug-likeness (QED) is 0.542. The Hall–Kier alpha value is -3.19. The van der Waals surface area contributed by atoms with Crippen LogP contribution < -0.4 is 15.0 Å². The second-order valence-corrected chi connectivity index (χ2v) is 6.52. The third-order valence-corrected chi connectivity index (χ3v) is 4.88. The van der Waals surface area contributed by atoms with Crippen LogP contribution in [0.15, 0.2) is 65.5 Å². The normalized spacial score (nSPS) is 10.8. The summed E-state index contributed by atoms with van der Waals surface area (Å²) in [6.45, 7) is 0.176. The minimum Gasteiger partial charge on any atom is -0.497 e. The second-order valence-electron chi connectivity index (χ2n) is 5.51. The lowest BCUT2D eigenvalue weighted by atomic mass is 10.2. The van der Waals surface area contributed by atoms with Crippen molar-refractivity contribution in [2.75, 3.05) is 7.11 Å². The fourth-order valence-corrected chi connectivity index (χ4v) is 3.53. The van der Waals surface area contributed by atoms with Gasteiger partial charge in [-0.15, -0.1) is 10.2 Å². The lowest BCUT2D eigenvalue weighted by molar-refractivity contribution is 0.294. The Morgan fingerprint density at radius 3 is 2.50 bits per heavy atom. The number of ether oxygens (including phenoxy) is 2. The van der Waals surface area contributed by atoms with Gasteiger partial charge in [0.1, 0.15) is 18.1 Å². The highest BCUT2D eigenvalue weighted by atomic mass is 32.1. The highest BCUT2D eigenvalue weighted by Gasteiger charge is 2.12. The van der Waals surface area contributed by atoms with Crippen molar-refractivity contribution in [3.63, 3.8) is 0 Å². The zero-order valence-corrected chi connectivity index (χ0v) is 14.8. The number of aromatic nitrogens is 3. The van der Waals surface area contributed by atoms with Crippen molar-refractivity contribution >= 4 is 16.3 Å². The second kappa shape index (κ2) is 6.97. The van der Waals surface area contributed by atoms with Crippen LogP contribution in [-0.4, -0.2) is 21.7 Å². The molecule has 26 heavy (non-hydrogen) atoms. The lowest BCUT2D eigenvalue weighted by Crippen LogP contribution is -2.15. The van der Waals surface area contributed by atoms with Crippen LogP contribution in [0.25, 0.3) is 15.4 Å². The van der Waals surface area contributed by atoms with Gasteiger partial charge in [0.2, 0.25) is 4.96 Å². The van der Waals surface area contributed by atoms with Crippen molar-refractivity contribution in [3.05, 3.63) is 76.8 Å². The molecular formula is C19H15N3O3S. The summed E-state index contributed by atoms with van der Waals surface area (Å²) in [6, 6.07) is 18.5. The highest BCUT2D eigenvalue weighted by molar-refractivity contribution is 7.19. The van der Waals surface area contributed by atoms with E-state index < -0.39 is 0 Å². The van der Waals surface area contributed by atoms with Crippen LogP contribution in [0.5, 0.6) is 11.5 Å². The Labute approximate surface area is 153 Å². The average Bonchev–Trinajstić information content (AvgIpc) is 3.11. The van der Waals surface area contributed by atoms with Crippen LogP contribution in [0.4, 0.5) is 0 Å². The van der Waals surface area contributed by atoms with Gasteiger partial charge in [-0.25, -0.2) is 4.40 Å². The molecule has 130 valence electrons. The molecular weight excluding hydrogens is 350 g/mol. The number of hydrogen-bond acceptors (Lipinski definition) is 6. The molecule has 4 aromatic rings. The van der Waals surface area contributed by atoms with Gasteiger partial charge in [0.25, 0.3) is 5.56 Å². The SMILES string of the molecule is COc1ccc(-c2cc(=O)n3c(COc4ccccc4)nnc3s2)cc1. The van der Waals surface area contributed by atoms with E-state index in [0.717, 1.165) is 21.9 Å². The van der Waals surface area contributed by atoms with Gasteiger partial charge in [-0.1, -0.05) is 29.5 Å². The molecule has 0 saturated heterocycles. The predicted molar refractivity (Wildman–Crippen MR) is 99.9 cm³/mol. The number of methoxy groups -OCH3 is 1. The maximum atomic E-state index is 12.6. The number of fused-ring (bicyclic) bond motifs is 1. The molecule has 0 bridgehead atoms. The van der Waals surface area contributed by atoms with Crippen LogP contribution in [0, 0.1) is 0 Å². The average molecular weight is 365 g/mol. The summed E-state index contributed by atoms with van der Waals surface area (Å²) >= 11 is 1.40. The highest BCUT2D eigenvalue weighted by Crippen LogP contribution is 2.26. The van der Waals surface area contributed by atoms with Crippen molar-refractivity contribution in [2.24, 2.45) is 0 Å². The molecule has 0 aliphatic carbocycles. The molecule has 0 N–H and O–H groups in total. The number of para-hydroxylation sites is 1. The minimum atomic E-state index is -0.179. The maximum absolute atomic E-state index is 12.6. The predicted octanol–water partition coefficient (Wildman–Crippen LogP) is 3.41. The van der Waals surface area contributed by atoms with Crippen LogP contribution in [0.1, 0.15) is 5.82 Å². The molecule has 0 radical (unpaired) electrons. The minimum absolute atomic E-state index is 0.176. The van der Waals surface area contributed by atoms with E-state index in [2.05, 4.69) is 10.2 Å². The first-order chi connectivity index (χ1) is 12.7. The van der Waals surface area contributed by atoms with E-state index in [1.54, 1.807) is 13.2 Å². The summed E-state index contributed by atoms with van der Waals surface area (Å²) in [5, 5.41) is 8.25. The van der Waals surface area contributed by atoms with E-state index in [-0.39, 0.29) is 12.2 Å². The van der Waals surface area contributed by atoms with Gasteiger partial charge in [0.15, 0.2) is 5.82 Å². The third-order valence-electron chi connectivity index (χ3n) is 3.86. The van der Waals surface area contributed by atoms with Gasteiger partial charge in [-0.05, 0) is 42.0 Å². The smallest absolute Gasteiger partial charge is 0.259 e. The topological polar surface area (TPSA) is 65.7 Å². The molecule has 0 saturated carbocycles. The summed E-state index contributed by atoms with van der Waals surface area (Å²) in [6.07, 6.45) is 0. The first-order valence-corrected chi connectivity index (χ1v) is 8.77. The number of hydrogen-bond donors (Lipinski definition) is 0.